The Bertz CT molecular complexity index is 920. The van der Waals surface area contributed by atoms with Crippen molar-refractivity contribution < 1.29 is 17.9 Å². The third-order valence-corrected chi connectivity index (χ3v) is 7.24. The van der Waals surface area contributed by atoms with Gasteiger partial charge in [0.2, 0.25) is 0 Å². The Morgan fingerprint density at radius 2 is 2.19 bits per heavy atom. The molecule has 2 aromatic rings. The molecule has 1 amide bonds. The molecule has 4 rings (SSSR count). The van der Waals surface area contributed by atoms with Gasteiger partial charge in [-0.25, -0.2) is 8.42 Å². The predicted octanol–water partition coefficient (Wildman–Crippen LogP) is 0.295. The van der Waals surface area contributed by atoms with Gasteiger partial charge in [0, 0.05) is 24.8 Å². The van der Waals surface area contributed by atoms with Crippen molar-refractivity contribution in [3.63, 3.8) is 0 Å². The van der Waals surface area contributed by atoms with Crippen molar-refractivity contribution in [3.8, 4) is 0 Å². The topological polar surface area (TPSA) is 94.4 Å². The first-order valence-corrected chi connectivity index (χ1v) is 10.1. The molecular formula is C17H20N4O4S. The fourth-order valence-electron chi connectivity index (χ4n) is 3.52. The molecule has 8 nitrogen and oxygen atoms in total. The Balaban J connectivity index is 1.42. The van der Waals surface area contributed by atoms with Gasteiger partial charge in [0.15, 0.2) is 9.84 Å². The third-order valence-electron chi connectivity index (χ3n) is 5.01. The maximum atomic E-state index is 12.7. The summed E-state index contributed by atoms with van der Waals surface area (Å²) in [6.07, 6.45) is 6.54. The third kappa shape index (κ3) is 3.01. The van der Waals surface area contributed by atoms with E-state index < -0.39 is 20.7 Å². The zero-order valence-corrected chi connectivity index (χ0v) is 15.2. The fourth-order valence-corrected chi connectivity index (χ4v) is 5.41. The number of nitrogens with zero attached hydrogens (tertiary/aromatic N) is 4. The molecular weight excluding hydrogens is 356 g/mol. The maximum Gasteiger partial charge on any atom is 0.255 e. The van der Waals surface area contributed by atoms with Crippen molar-refractivity contribution in [2.45, 2.75) is 24.3 Å². The molecule has 138 valence electrons. The van der Waals surface area contributed by atoms with Gasteiger partial charge >= 0.3 is 0 Å². The highest BCUT2D eigenvalue weighted by Gasteiger charge is 2.54. The summed E-state index contributed by atoms with van der Waals surface area (Å²) in [6, 6.07) is 3.54. The van der Waals surface area contributed by atoms with Gasteiger partial charge in [-0.3, -0.25) is 14.5 Å². The molecule has 1 spiro atoms. The quantitative estimate of drug-likeness (QED) is 0.764. The first-order valence-electron chi connectivity index (χ1n) is 8.41. The first-order chi connectivity index (χ1) is 12.4. The Labute approximate surface area is 151 Å². The van der Waals surface area contributed by atoms with Crippen LogP contribution in [-0.4, -0.2) is 70.3 Å². The second kappa shape index (κ2) is 6.17. The van der Waals surface area contributed by atoms with E-state index in [4.69, 9.17) is 4.74 Å². The predicted molar refractivity (Wildman–Crippen MR) is 93.4 cm³/mol. The molecule has 4 heterocycles. The first kappa shape index (κ1) is 17.2. The zero-order valence-electron chi connectivity index (χ0n) is 14.4. The molecule has 2 saturated heterocycles. The molecule has 0 radical (unpaired) electrons. The average molecular weight is 376 g/mol. The van der Waals surface area contributed by atoms with Crippen LogP contribution in [0.15, 0.2) is 36.9 Å². The number of aromatic nitrogens is 3. The number of likely N-dealkylation sites (tertiary alicyclic amines) is 1. The lowest BCUT2D eigenvalue weighted by Gasteiger charge is -2.52. The summed E-state index contributed by atoms with van der Waals surface area (Å²) in [5.74, 6) is -0.206. The SMILES string of the molecule is Cc1ccncc1C(=O)N1CC2(C1)CS(=O)(=O)[C@@H](Cn1cccn1)CO2. The molecule has 1 atom stereocenters. The molecule has 2 fully saturated rings. The number of hydrogen-bond acceptors (Lipinski definition) is 6. The molecule has 0 aliphatic carbocycles. The van der Waals surface area contributed by atoms with Gasteiger partial charge in [-0.15, -0.1) is 0 Å². The minimum absolute atomic E-state index is 0.0677. The Hall–Kier alpha value is -2.26. The van der Waals surface area contributed by atoms with Gasteiger partial charge in [-0.1, -0.05) is 0 Å². The van der Waals surface area contributed by atoms with Crippen LogP contribution in [0.3, 0.4) is 0 Å². The van der Waals surface area contributed by atoms with Crippen molar-refractivity contribution in [1.82, 2.24) is 19.7 Å². The number of rotatable bonds is 3. The highest BCUT2D eigenvalue weighted by atomic mass is 32.2. The van der Waals surface area contributed by atoms with Crippen molar-refractivity contribution >= 4 is 15.7 Å². The van der Waals surface area contributed by atoms with Gasteiger partial charge in [0.25, 0.3) is 5.91 Å². The number of pyridine rings is 1. The van der Waals surface area contributed by atoms with Gasteiger partial charge in [0.1, 0.15) is 10.9 Å². The number of amides is 1. The Morgan fingerprint density at radius 3 is 2.85 bits per heavy atom. The summed E-state index contributed by atoms with van der Waals surface area (Å²) < 4.78 is 32.9. The van der Waals surface area contributed by atoms with E-state index in [1.165, 1.54) is 0 Å². The van der Waals surface area contributed by atoms with E-state index in [1.54, 1.807) is 46.5 Å². The number of carbonyl (C=O) groups is 1. The lowest BCUT2D eigenvalue weighted by molar-refractivity contribution is -0.121. The molecule has 2 aliphatic heterocycles. The largest absolute Gasteiger partial charge is 0.369 e. The number of carbonyl (C=O) groups excluding carboxylic acids is 1. The number of hydrogen-bond donors (Lipinski definition) is 0. The molecule has 26 heavy (non-hydrogen) atoms. The minimum atomic E-state index is -3.33. The molecule has 0 bridgehead atoms. The molecule has 0 aromatic carbocycles. The molecule has 0 N–H and O–H groups in total. The second-order valence-electron chi connectivity index (χ2n) is 7.00. The van der Waals surface area contributed by atoms with E-state index in [0.717, 1.165) is 5.56 Å². The lowest BCUT2D eigenvalue weighted by atomic mass is 9.94. The van der Waals surface area contributed by atoms with Crippen LogP contribution in [0.4, 0.5) is 0 Å². The van der Waals surface area contributed by atoms with Crippen molar-refractivity contribution in [2.24, 2.45) is 0 Å². The van der Waals surface area contributed by atoms with Crippen LogP contribution in [0.1, 0.15) is 15.9 Å². The summed E-state index contributed by atoms with van der Waals surface area (Å²) >= 11 is 0. The highest BCUT2D eigenvalue weighted by Crippen LogP contribution is 2.34. The Morgan fingerprint density at radius 1 is 1.38 bits per heavy atom. The normalized spacial score (nSPS) is 23.6. The summed E-state index contributed by atoms with van der Waals surface area (Å²) in [5, 5.41) is 3.45. The van der Waals surface area contributed by atoms with E-state index in [2.05, 4.69) is 10.1 Å². The summed E-state index contributed by atoms with van der Waals surface area (Å²) in [6.45, 7) is 2.83. The maximum absolute atomic E-state index is 12.7. The van der Waals surface area contributed by atoms with Gasteiger partial charge in [-0.05, 0) is 24.6 Å². The molecule has 2 aliphatic rings. The van der Waals surface area contributed by atoms with Crippen LogP contribution < -0.4 is 0 Å². The van der Waals surface area contributed by atoms with Gasteiger partial charge in [-0.2, -0.15) is 5.10 Å². The van der Waals surface area contributed by atoms with Crippen molar-refractivity contribution in [2.75, 3.05) is 25.4 Å². The number of aryl methyl sites for hydroxylation is 1. The second-order valence-corrected chi connectivity index (χ2v) is 9.28. The monoisotopic (exact) mass is 376 g/mol. The van der Waals surface area contributed by atoms with E-state index in [1.807, 2.05) is 6.92 Å². The molecule has 2 aromatic heterocycles. The standard InChI is InChI=1S/C17H20N4O4S/c1-13-3-5-18-7-15(13)16(22)20-10-17(11-20)12-26(23,24)14(9-25-17)8-21-6-2-4-19-21/h2-7,14H,8-12H2,1H3/t14-/m0/s1. The summed E-state index contributed by atoms with van der Waals surface area (Å²) in [5.41, 5.74) is 0.602. The average Bonchev–Trinajstić information content (AvgIpc) is 3.07. The number of sulfone groups is 1. The van der Waals surface area contributed by atoms with E-state index >= 15 is 0 Å². The number of ether oxygens (including phenoxy) is 1. The lowest BCUT2D eigenvalue weighted by Crippen LogP contribution is -2.70. The zero-order chi connectivity index (χ0) is 18.4. The fraction of sp³-hybridized carbons (Fsp3) is 0.471. The van der Waals surface area contributed by atoms with Crippen LogP contribution in [-0.2, 0) is 21.1 Å². The van der Waals surface area contributed by atoms with Crippen LogP contribution >= 0.6 is 0 Å². The van der Waals surface area contributed by atoms with Crippen LogP contribution in [0.5, 0.6) is 0 Å². The van der Waals surface area contributed by atoms with Crippen LogP contribution in [0, 0.1) is 6.92 Å². The van der Waals surface area contributed by atoms with Crippen LogP contribution in [0.25, 0.3) is 0 Å². The minimum Gasteiger partial charge on any atom is -0.369 e. The highest BCUT2D eigenvalue weighted by molar-refractivity contribution is 7.92. The summed E-state index contributed by atoms with van der Waals surface area (Å²) in [7, 11) is -3.33. The van der Waals surface area contributed by atoms with Gasteiger partial charge in [0.05, 0.1) is 37.6 Å². The van der Waals surface area contributed by atoms with Crippen LogP contribution in [0.2, 0.25) is 0 Å². The van der Waals surface area contributed by atoms with E-state index in [9.17, 15) is 13.2 Å². The van der Waals surface area contributed by atoms with Gasteiger partial charge < -0.3 is 9.64 Å². The smallest absolute Gasteiger partial charge is 0.255 e. The van der Waals surface area contributed by atoms with E-state index in [-0.39, 0.29) is 37.9 Å². The summed E-state index contributed by atoms with van der Waals surface area (Å²) in [4.78, 5) is 18.2. The molecule has 0 saturated carbocycles. The Kier molecular flexibility index (Phi) is 4.07. The van der Waals surface area contributed by atoms with E-state index in [0.29, 0.717) is 5.56 Å². The molecule has 0 unspecified atom stereocenters. The molecule has 9 heteroatoms. The van der Waals surface area contributed by atoms with Crippen molar-refractivity contribution in [1.29, 1.82) is 0 Å². The van der Waals surface area contributed by atoms with Crippen molar-refractivity contribution in [3.05, 3.63) is 48.0 Å².